The van der Waals surface area contributed by atoms with E-state index in [-0.39, 0.29) is 18.5 Å². The fourth-order valence-corrected chi connectivity index (χ4v) is 2.23. The van der Waals surface area contributed by atoms with Crippen molar-refractivity contribution < 1.29 is 6.11 Å². The summed E-state index contributed by atoms with van der Waals surface area (Å²) in [5.41, 5.74) is 1.77. The third-order valence-corrected chi connectivity index (χ3v) is 3.54. The zero-order valence-electron chi connectivity index (χ0n) is 12.3. The van der Waals surface area contributed by atoms with Crippen molar-refractivity contribution in [3.8, 4) is 10.9 Å². The van der Waals surface area contributed by atoms with Crippen LogP contribution >= 0.6 is 11.3 Å². The van der Waals surface area contributed by atoms with E-state index in [2.05, 4.69) is 20.4 Å². The first kappa shape index (κ1) is 12.2. The number of hydrogen-bond donors (Lipinski definition) is 0. The third-order valence-electron chi connectivity index (χ3n) is 2.91. The SMILES string of the molecule is [3H]c1csc(OCc2c(C)cncc2-n2nnn(C)c2=O)n1. The molecule has 0 saturated carbocycles. The lowest BCUT2D eigenvalue weighted by Crippen LogP contribution is -2.23. The molecule has 0 aliphatic rings. The molecule has 9 heteroatoms. The summed E-state index contributed by atoms with van der Waals surface area (Å²) in [6, 6.07) is 0. The Balaban J connectivity index is 1.96. The number of thiazole rings is 1. The molecule has 8 nitrogen and oxygen atoms in total. The first-order chi connectivity index (χ1) is 10.6. The molecule has 0 fully saturated rings. The molecule has 3 aromatic heterocycles. The van der Waals surface area contributed by atoms with Crippen LogP contribution in [0.25, 0.3) is 5.69 Å². The van der Waals surface area contributed by atoms with Gasteiger partial charge in [-0.3, -0.25) is 4.98 Å². The molecule has 0 radical (unpaired) electrons. The van der Waals surface area contributed by atoms with Crippen LogP contribution in [-0.2, 0) is 13.7 Å². The van der Waals surface area contributed by atoms with E-state index in [4.69, 9.17) is 6.11 Å². The van der Waals surface area contributed by atoms with E-state index in [1.807, 2.05) is 6.92 Å². The van der Waals surface area contributed by atoms with Crippen LogP contribution < -0.4 is 10.4 Å². The Hall–Kier alpha value is -2.55. The monoisotopic (exact) mass is 306 g/mol. The average molecular weight is 306 g/mol. The van der Waals surface area contributed by atoms with E-state index >= 15 is 0 Å². The molecule has 3 aromatic rings. The Morgan fingerprint density at radius 3 is 2.95 bits per heavy atom. The number of ether oxygens (including phenoxy) is 1. The largest absolute Gasteiger partial charge is 0.465 e. The molecule has 0 aliphatic carbocycles. The predicted molar refractivity (Wildman–Crippen MR) is 75.6 cm³/mol. The highest BCUT2D eigenvalue weighted by Crippen LogP contribution is 2.20. The second-order valence-corrected chi connectivity index (χ2v) is 5.10. The van der Waals surface area contributed by atoms with Crippen molar-refractivity contribution in [3.05, 3.63) is 45.6 Å². The lowest BCUT2D eigenvalue weighted by Gasteiger charge is -2.10. The quantitative estimate of drug-likeness (QED) is 0.705. The zero-order valence-corrected chi connectivity index (χ0v) is 12.2. The maximum Gasteiger partial charge on any atom is 0.368 e. The van der Waals surface area contributed by atoms with Crippen molar-refractivity contribution in [2.45, 2.75) is 13.5 Å². The molecular weight excluding hydrogens is 292 g/mol. The molecular formula is C12H12N6O2S. The summed E-state index contributed by atoms with van der Waals surface area (Å²) in [5.74, 6) is 0. The van der Waals surface area contributed by atoms with Crippen molar-refractivity contribution >= 4 is 11.3 Å². The topological polar surface area (TPSA) is 87.7 Å². The van der Waals surface area contributed by atoms with Crippen molar-refractivity contribution in [3.63, 3.8) is 0 Å². The van der Waals surface area contributed by atoms with Gasteiger partial charge in [0.25, 0.3) is 5.19 Å². The molecule has 0 unspecified atom stereocenters. The molecule has 3 heterocycles. The van der Waals surface area contributed by atoms with Crippen molar-refractivity contribution in [2.24, 2.45) is 7.05 Å². The van der Waals surface area contributed by atoms with Crippen LogP contribution in [0.3, 0.4) is 0 Å². The van der Waals surface area contributed by atoms with Crippen LogP contribution in [0.4, 0.5) is 0 Å². The summed E-state index contributed by atoms with van der Waals surface area (Å²) in [6.07, 6.45) is 3.39. The summed E-state index contributed by atoms with van der Waals surface area (Å²) in [5, 5.41) is 9.51. The van der Waals surface area contributed by atoms with Gasteiger partial charge < -0.3 is 4.74 Å². The molecule has 3 rings (SSSR count). The second-order valence-electron chi connectivity index (χ2n) is 4.28. The van der Waals surface area contributed by atoms with Gasteiger partial charge >= 0.3 is 5.69 Å². The summed E-state index contributed by atoms with van der Waals surface area (Å²) >= 11 is 1.25. The van der Waals surface area contributed by atoms with Crippen molar-refractivity contribution in [1.29, 1.82) is 0 Å². The molecule has 0 aromatic carbocycles. The van der Waals surface area contributed by atoms with Gasteiger partial charge in [0.05, 0.1) is 13.3 Å². The lowest BCUT2D eigenvalue weighted by atomic mass is 10.1. The van der Waals surface area contributed by atoms with Gasteiger partial charge in [0.15, 0.2) is 0 Å². The molecule has 0 amide bonds. The van der Waals surface area contributed by atoms with Crippen LogP contribution in [0.1, 0.15) is 12.5 Å². The second kappa shape index (κ2) is 5.44. The van der Waals surface area contributed by atoms with E-state index in [9.17, 15) is 4.79 Å². The Labute approximate surface area is 125 Å². The zero-order chi connectivity index (χ0) is 15.7. The number of aromatic nitrogens is 6. The first-order valence-electron chi connectivity index (χ1n) is 6.54. The van der Waals surface area contributed by atoms with Gasteiger partial charge in [-0.15, -0.1) is 0 Å². The highest BCUT2D eigenvalue weighted by molar-refractivity contribution is 7.11. The average Bonchev–Trinajstić information content (AvgIpc) is 3.05. The molecule has 0 bridgehead atoms. The van der Waals surface area contributed by atoms with E-state index in [0.717, 1.165) is 15.8 Å². The van der Waals surface area contributed by atoms with Crippen LogP contribution in [0.2, 0.25) is 0 Å². The summed E-state index contributed by atoms with van der Waals surface area (Å²) in [6.45, 7) is 2.06. The van der Waals surface area contributed by atoms with Crippen molar-refractivity contribution in [1.82, 2.24) is 29.8 Å². The Kier molecular flexibility index (Phi) is 3.17. The molecule has 0 saturated heterocycles. The highest BCUT2D eigenvalue weighted by atomic mass is 32.1. The minimum absolute atomic E-state index is 0.164. The maximum absolute atomic E-state index is 12.0. The number of pyridine rings is 1. The Morgan fingerprint density at radius 1 is 1.43 bits per heavy atom. The van der Waals surface area contributed by atoms with Gasteiger partial charge in [0.1, 0.15) is 6.61 Å². The fourth-order valence-electron chi connectivity index (χ4n) is 1.80. The van der Waals surface area contributed by atoms with E-state index in [1.54, 1.807) is 17.8 Å². The lowest BCUT2D eigenvalue weighted by molar-refractivity contribution is 0.303. The smallest absolute Gasteiger partial charge is 0.368 e. The van der Waals surface area contributed by atoms with Crippen LogP contribution in [-0.4, -0.2) is 29.8 Å². The maximum atomic E-state index is 12.0. The molecule has 21 heavy (non-hydrogen) atoms. The Morgan fingerprint density at radius 2 is 2.29 bits per heavy atom. The number of nitrogens with zero attached hydrogens (tertiary/aromatic N) is 6. The van der Waals surface area contributed by atoms with Gasteiger partial charge in [-0.05, 0) is 22.9 Å². The van der Waals surface area contributed by atoms with Crippen LogP contribution in [0.5, 0.6) is 5.19 Å². The highest BCUT2D eigenvalue weighted by Gasteiger charge is 2.14. The van der Waals surface area contributed by atoms with E-state index in [1.165, 1.54) is 23.1 Å². The van der Waals surface area contributed by atoms with Gasteiger partial charge in [-0.1, -0.05) is 11.3 Å². The fraction of sp³-hybridized carbons (Fsp3) is 0.250. The normalized spacial score (nSPS) is 11.4. The number of aryl methyl sites for hydroxylation is 2. The standard InChI is InChI=1S/C12H12N6O2S/c1-8-5-13-6-10(18-12(19)17(2)15-16-18)9(8)7-20-11-14-3-4-21-11/h3-6H,7H2,1-2H3/i3T. The van der Waals surface area contributed by atoms with Gasteiger partial charge in [-0.2, -0.15) is 9.36 Å². The molecule has 0 spiro atoms. The molecule has 0 atom stereocenters. The summed E-state index contributed by atoms with van der Waals surface area (Å²) < 4.78 is 15.3. The van der Waals surface area contributed by atoms with E-state index < -0.39 is 0 Å². The summed E-state index contributed by atoms with van der Waals surface area (Å²) in [4.78, 5) is 20.0. The Bertz CT molecular complexity index is 871. The number of rotatable bonds is 4. The van der Waals surface area contributed by atoms with Crippen LogP contribution in [0, 0.1) is 6.92 Å². The molecule has 108 valence electrons. The van der Waals surface area contributed by atoms with Gasteiger partial charge in [-0.25, -0.2) is 9.78 Å². The van der Waals surface area contributed by atoms with E-state index in [0.29, 0.717) is 10.9 Å². The number of tetrazole rings is 1. The van der Waals surface area contributed by atoms with Crippen molar-refractivity contribution in [2.75, 3.05) is 0 Å². The first-order valence-corrected chi connectivity index (χ1v) is 6.92. The van der Waals surface area contributed by atoms with Gasteiger partial charge in [0.2, 0.25) is 0 Å². The number of hydrogen-bond acceptors (Lipinski definition) is 7. The molecule has 0 aliphatic heterocycles. The minimum atomic E-state index is -0.364. The minimum Gasteiger partial charge on any atom is -0.465 e. The molecule has 0 N–H and O–H groups in total. The summed E-state index contributed by atoms with van der Waals surface area (Å²) in [7, 11) is 1.52. The van der Waals surface area contributed by atoms with Crippen LogP contribution in [0.15, 0.2) is 28.7 Å². The third kappa shape index (κ3) is 2.55. The predicted octanol–water partition coefficient (Wildman–Crippen LogP) is 0.705. The van der Waals surface area contributed by atoms with Gasteiger partial charge in [0, 0.05) is 30.4 Å².